The van der Waals surface area contributed by atoms with E-state index in [-0.39, 0.29) is 29.8 Å². The Hall–Kier alpha value is -0.890. The zero-order valence-corrected chi connectivity index (χ0v) is 16.7. The summed E-state index contributed by atoms with van der Waals surface area (Å²) < 4.78 is 0. The lowest BCUT2D eigenvalue weighted by atomic mass is 9.98. The standard InChI is InChI=1S/C19H28O5S2/c1-19(24,16-8-6-10-25-16)12-26-18-13(14(20)11-15(18)21)7-4-2-3-5-9-17(22)23/h6,8,10,13,15,18,21,24H,2-5,7,9,11-12H2,1H3,(H,22,23)/t13-,15?,18+,19?/m0/s1. The van der Waals surface area contributed by atoms with Crippen LogP contribution in [-0.4, -0.2) is 44.2 Å². The quantitative estimate of drug-likeness (QED) is 0.493. The van der Waals surface area contributed by atoms with Crippen molar-refractivity contribution in [3.63, 3.8) is 0 Å². The van der Waals surface area contributed by atoms with Gasteiger partial charge in [-0.05, 0) is 31.2 Å². The van der Waals surface area contributed by atoms with Crippen LogP contribution in [0.1, 0.15) is 56.7 Å². The molecule has 7 heteroatoms. The van der Waals surface area contributed by atoms with Crippen LogP contribution in [0, 0.1) is 5.92 Å². The first kappa shape index (κ1) is 21.4. The van der Waals surface area contributed by atoms with Crippen LogP contribution in [0.15, 0.2) is 17.5 Å². The van der Waals surface area contributed by atoms with E-state index in [2.05, 4.69) is 0 Å². The Labute approximate surface area is 162 Å². The van der Waals surface area contributed by atoms with Gasteiger partial charge in [0.15, 0.2) is 0 Å². The third-order valence-corrected chi connectivity index (χ3v) is 7.74. The molecule has 5 nitrogen and oxygen atoms in total. The van der Waals surface area contributed by atoms with E-state index in [1.807, 2.05) is 17.5 Å². The molecule has 2 unspecified atom stereocenters. The Kier molecular flexibility index (Phi) is 8.13. The van der Waals surface area contributed by atoms with Gasteiger partial charge in [0, 0.05) is 34.6 Å². The van der Waals surface area contributed by atoms with Gasteiger partial charge >= 0.3 is 5.97 Å². The Morgan fingerprint density at radius 3 is 2.73 bits per heavy atom. The third-order valence-electron chi connectivity index (χ3n) is 4.86. The van der Waals surface area contributed by atoms with Crippen molar-refractivity contribution >= 4 is 34.9 Å². The highest BCUT2D eigenvalue weighted by Gasteiger charge is 2.42. The summed E-state index contributed by atoms with van der Waals surface area (Å²) in [5, 5.41) is 31.3. The van der Waals surface area contributed by atoms with Crippen LogP contribution in [0.25, 0.3) is 0 Å². The molecule has 1 aliphatic carbocycles. The second-order valence-corrected chi connectivity index (χ2v) is 9.33. The van der Waals surface area contributed by atoms with E-state index in [0.717, 1.165) is 30.6 Å². The molecule has 0 aliphatic heterocycles. The summed E-state index contributed by atoms with van der Waals surface area (Å²) in [5.41, 5.74) is -0.967. The van der Waals surface area contributed by atoms with Crippen LogP contribution < -0.4 is 0 Å². The summed E-state index contributed by atoms with van der Waals surface area (Å²) in [6, 6.07) is 3.80. The number of aliphatic hydroxyl groups is 2. The maximum Gasteiger partial charge on any atom is 0.303 e. The number of carboxylic acid groups (broad SMARTS) is 1. The molecule has 3 N–H and O–H groups in total. The van der Waals surface area contributed by atoms with Crippen molar-refractivity contribution in [2.24, 2.45) is 5.92 Å². The summed E-state index contributed by atoms with van der Waals surface area (Å²) >= 11 is 2.99. The van der Waals surface area contributed by atoms with Crippen molar-refractivity contribution < 1.29 is 24.9 Å². The number of unbranched alkanes of at least 4 members (excludes halogenated alkanes) is 3. The number of aliphatic hydroxyl groups excluding tert-OH is 1. The molecule has 1 fully saturated rings. The first-order valence-electron chi connectivity index (χ1n) is 9.12. The van der Waals surface area contributed by atoms with Crippen molar-refractivity contribution in [2.45, 2.75) is 68.8 Å². The smallest absolute Gasteiger partial charge is 0.303 e. The zero-order valence-electron chi connectivity index (χ0n) is 15.1. The van der Waals surface area contributed by atoms with E-state index >= 15 is 0 Å². The Morgan fingerprint density at radius 2 is 2.08 bits per heavy atom. The summed E-state index contributed by atoms with van der Waals surface area (Å²) in [7, 11) is 0. The predicted molar refractivity (Wildman–Crippen MR) is 105 cm³/mol. The van der Waals surface area contributed by atoms with Gasteiger partial charge in [-0.1, -0.05) is 25.3 Å². The molecular weight excluding hydrogens is 372 g/mol. The van der Waals surface area contributed by atoms with Gasteiger partial charge in [0.1, 0.15) is 11.4 Å². The number of thioether (sulfide) groups is 1. The number of aliphatic carboxylic acids is 1. The molecule has 1 aromatic rings. The number of thiophene rings is 1. The van der Waals surface area contributed by atoms with Crippen molar-refractivity contribution in [3.8, 4) is 0 Å². The van der Waals surface area contributed by atoms with E-state index in [1.165, 1.54) is 23.1 Å². The maximum atomic E-state index is 12.2. The zero-order chi connectivity index (χ0) is 19.2. The normalized spacial score (nSPS) is 25.3. The molecule has 26 heavy (non-hydrogen) atoms. The topological polar surface area (TPSA) is 94.8 Å². The maximum absolute atomic E-state index is 12.2. The first-order chi connectivity index (χ1) is 12.3. The van der Waals surface area contributed by atoms with Crippen LogP contribution in [0.2, 0.25) is 0 Å². The molecule has 0 bridgehead atoms. The molecule has 0 saturated heterocycles. The van der Waals surface area contributed by atoms with Gasteiger partial charge in [0.25, 0.3) is 0 Å². The van der Waals surface area contributed by atoms with E-state index < -0.39 is 17.7 Å². The molecule has 1 aliphatic rings. The van der Waals surface area contributed by atoms with Crippen LogP contribution >= 0.6 is 23.1 Å². The monoisotopic (exact) mass is 400 g/mol. The number of carbonyl (C=O) groups excluding carboxylic acids is 1. The second-order valence-electron chi connectivity index (χ2n) is 7.22. The first-order valence-corrected chi connectivity index (χ1v) is 11.0. The number of Topliss-reactive ketones (excluding diaryl/α,β-unsaturated/α-hetero) is 1. The molecule has 0 spiro atoms. The van der Waals surface area contributed by atoms with Gasteiger partial charge in [-0.15, -0.1) is 11.3 Å². The molecule has 0 amide bonds. The van der Waals surface area contributed by atoms with Crippen molar-refractivity contribution in [1.29, 1.82) is 0 Å². The fourth-order valence-corrected chi connectivity index (χ4v) is 5.78. The highest BCUT2D eigenvalue weighted by atomic mass is 32.2. The van der Waals surface area contributed by atoms with Gasteiger partial charge in [-0.3, -0.25) is 9.59 Å². The van der Waals surface area contributed by atoms with Crippen LogP contribution in [0.5, 0.6) is 0 Å². The lowest BCUT2D eigenvalue weighted by Crippen LogP contribution is -2.29. The number of hydrogen-bond acceptors (Lipinski definition) is 6. The average Bonchev–Trinajstić information content (AvgIpc) is 3.18. The lowest BCUT2D eigenvalue weighted by molar-refractivity contribution is -0.137. The van der Waals surface area contributed by atoms with Crippen molar-refractivity contribution in [2.75, 3.05) is 5.75 Å². The molecular formula is C19H28O5S2. The summed E-state index contributed by atoms with van der Waals surface area (Å²) in [6.07, 6.45) is 3.74. The summed E-state index contributed by atoms with van der Waals surface area (Å²) in [6.45, 7) is 1.77. The van der Waals surface area contributed by atoms with E-state index in [1.54, 1.807) is 6.92 Å². The molecule has 0 aromatic carbocycles. The number of ketones is 1. The molecule has 146 valence electrons. The largest absolute Gasteiger partial charge is 0.481 e. The summed E-state index contributed by atoms with van der Waals surface area (Å²) in [4.78, 5) is 23.6. The van der Waals surface area contributed by atoms with E-state index in [9.17, 15) is 19.8 Å². The predicted octanol–water partition coefficient (Wildman–Crippen LogP) is 3.43. The van der Waals surface area contributed by atoms with Crippen molar-refractivity contribution in [1.82, 2.24) is 0 Å². The minimum atomic E-state index is -0.967. The van der Waals surface area contributed by atoms with Crippen LogP contribution in [-0.2, 0) is 15.2 Å². The van der Waals surface area contributed by atoms with E-state index in [0.29, 0.717) is 12.2 Å². The van der Waals surface area contributed by atoms with Crippen molar-refractivity contribution in [3.05, 3.63) is 22.4 Å². The average molecular weight is 401 g/mol. The fourth-order valence-electron chi connectivity index (χ4n) is 3.39. The minimum absolute atomic E-state index is 0.108. The SMILES string of the molecule is CC(O)(CS[C@H]1C(O)CC(=O)[C@@H]1CCCCCCC(=O)O)c1cccs1. The van der Waals surface area contributed by atoms with E-state index in [4.69, 9.17) is 5.11 Å². The number of hydrogen-bond donors (Lipinski definition) is 3. The number of carboxylic acids is 1. The minimum Gasteiger partial charge on any atom is -0.481 e. The van der Waals surface area contributed by atoms with Crippen LogP contribution in [0.4, 0.5) is 0 Å². The Bertz CT molecular complexity index is 585. The van der Waals surface area contributed by atoms with Crippen LogP contribution in [0.3, 0.4) is 0 Å². The number of carbonyl (C=O) groups is 2. The van der Waals surface area contributed by atoms with Gasteiger partial charge in [0.2, 0.25) is 0 Å². The highest BCUT2D eigenvalue weighted by Crippen LogP contribution is 2.39. The highest BCUT2D eigenvalue weighted by molar-refractivity contribution is 8.00. The molecule has 2 rings (SSSR count). The molecule has 1 aromatic heterocycles. The molecule has 4 atom stereocenters. The molecule has 1 heterocycles. The fraction of sp³-hybridized carbons (Fsp3) is 0.684. The third kappa shape index (κ3) is 6.08. The summed E-state index contributed by atoms with van der Waals surface area (Å²) in [5.74, 6) is -0.393. The second kappa shape index (κ2) is 9.88. The molecule has 0 radical (unpaired) electrons. The van der Waals surface area contributed by atoms with Gasteiger partial charge in [0.05, 0.1) is 6.10 Å². The number of rotatable bonds is 11. The molecule has 1 saturated carbocycles. The van der Waals surface area contributed by atoms with Gasteiger partial charge in [-0.25, -0.2) is 0 Å². The lowest BCUT2D eigenvalue weighted by Gasteiger charge is -2.26. The Balaban J connectivity index is 1.81. The Morgan fingerprint density at radius 1 is 1.35 bits per heavy atom. The van der Waals surface area contributed by atoms with Gasteiger partial charge in [-0.2, -0.15) is 11.8 Å². The van der Waals surface area contributed by atoms with Gasteiger partial charge < -0.3 is 15.3 Å².